The van der Waals surface area contributed by atoms with E-state index in [0.717, 1.165) is 42.6 Å². The first kappa shape index (κ1) is 20.8. The maximum atomic E-state index is 9.75. The Balaban J connectivity index is 2.02. The van der Waals surface area contributed by atoms with Crippen LogP contribution in [0.4, 0.5) is 0 Å². The SMILES string of the molecule is CC/C(=C(/c1ccc(O)cc1)c1ccc(CCCN(C)C)nc1)c1ccccc1. The lowest BCUT2D eigenvalue weighted by molar-refractivity contribution is 0.399. The highest BCUT2D eigenvalue weighted by atomic mass is 16.3. The predicted molar refractivity (Wildman–Crippen MR) is 122 cm³/mol. The normalized spacial score (nSPS) is 12.1. The third kappa shape index (κ3) is 5.55. The largest absolute Gasteiger partial charge is 0.508 e. The average molecular weight is 387 g/mol. The molecule has 0 bridgehead atoms. The van der Waals surface area contributed by atoms with Crippen molar-refractivity contribution >= 4 is 11.1 Å². The summed E-state index contributed by atoms with van der Waals surface area (Å²) in [6.45, 7) is 3.25. The van der Waals surface area contributed by atoms with Crippen molar-refractivity contribution in [3.05, 3.63) is 95.3 Å². The number of hydrogen-bond donors (Lipinski definition) is 1. The monoisotopic (exact) mass is 386 g/mol. The molecule has 1 N–H and O–H groups in total. The van der Waals surface area contributed by atoms with Crippen LogP contribution >= 0.6 is 0 Å². The van der Waals surface area contributed by atoms with Gasteiger partial charge in [0.1, 0.15) is 5.75 Å². The molecule has 150 valence electrons. The van der Waals surface area contributed by atoms with Gasteiger partial charge in [-0.15, -0.1) is 0 Å². The number of aryl methyl sites for hydroxylation is 1. The second kappa shape index (κ2) is 10.0. The topological polar surface area (TPSA) is 36.4 Å². The number of pyridine rings is 1. The lowest BCUT2D eigenvalue weighted by atomic mass is 9.89. The van der Waals surface area contributed by atoms with Gasteiger partial charge in [0.05, 0.1) is 0 Å². The molecule has 3 aromatic rings. The molecule has 1 heterocycles. The number of rotatable bonds is 8. The van der Waals surface area contributed by atoms with E-state index in [1.165, 1.54) is 16.7 Å². The molecule has 0 atom stereocenters. The molecule has 2 aromatic carbocycles. The minimum Gasteiger partial charge on any atom is -0.508 e. The molecule has 0 amide bonds. The molecule has 0 aliphatic heterocycles. The molecule has 0 spiro atoms. The summed E-state index contributed by atoms with van der Waals surface area (Å²) in [7, 11) is 4.20. The maximum Gasteiger partial charge on any atom is 0.115 e. The number of allylic oxidation sites excluding steroid dienone is 1. The van der Waals surface area contributed by atoms with Crippen LogP contribution in [0, 0.1) is 0 Å². The molecular formula is C26H30N2O. The first-order valence-corrected chi connectivity index (χ1v) is 10.3. The van der Waals surface area contributed by atoms with Crippen molar-refractivity contribution in [1.82, 2.24) is 9.88 Å². The number of phenolic OH excluding ortho intramolecular Hbond substituents is 1. The van der Waals surface area contributed by atoms with Crippen LogP contribution in [0.5, 0.6) is 5.75 Å². The van der Waals surface area contributed by atoms with Crippen LogP contribution < -0.4 is 0 Å². The first-order chi connectivity index (χ1) is 14.1. The van der Waals surface area contributed by atoms with Gasteiger partial charge < -0.3 is 10.0 Å². The standard InChI is InChI=1S/C26H30N2O/c1-4-25(20-9-6-5-7-10-20)26(21-13-16-24(29)17-14-21)22-12-15-23(27-19-22)11-8-18-28(2)3/h5-7,9-10,12-17,19,29H,4,8,11,18H2,1-3H3/b26-25+. The summed E-state index contributed by atoms with van der Waals surface area (Å²) in [6.07, 6.45) is 4.98. The number of benzene rings is 2. The zero-order valence-electron chi connectivity index (χ0n) is 17.6. The molecule has 0 aliphatic rings. The molecule has 0 unspecified atom stereocenters. The van der Waals surface area contributed by atoms with Gasteiger partial charge >= 0.3 is 0 Å². The Kier molecular flexibility index (Phi) is 7.20. The highest BCUT2D eigenvalue weighted by Crippen LogP contribution is 2.34. The zero-order valence-corrected chi connectivity index (χ0v) is 17.6. The van der Waals surface area contributed by atoms with Gasteiger partial charge in [-0.1, -0.05) is 55.5 Å². The van der Waals surface area contributed by atoms with Crippen molar-refractivity contribution in [1.29, 1.82) is 0 Å². The van der Waals surface area contributed by atoms with Gasteiger partial charge in [0.15, 0.2) is 0 Å². The Morgan fingerprint density at radius 3 is 2.14 bits per heavy atom. The minimum atomic E-state index is 0.278. The molecule has 0 aliphatic carbocycles. The summed E-state index contributed by atoms with van der Waals surface area (Å²) in [4.78, 5) is 6.95. The molecule has 0 saturated heterocycles. The van der Waals surface area contributed by atoms with Crippen LogP contribution in [-0.2, 0) is 6.42 Å². The van der Waals surface area contributed by atoms with Crippen LogP contribution in [0.25, 0.3) is 11.1 Å². The summed E-state index contributed by atoms with van der Waals surface area (Å²) in [5.74, 6) is 0.278. The van der Waals surface area contributed by atoms with Gasteiger partial charge in [-0.25, -0.2) is 0 Å². The van der Waals surface area contributed by atoms with Gasteiger partial charge in [-0.3, -0.25) is 4.98 Å². The van der Waals surface area contributed by atoms with Gasteiger partial charge in [-0.05, 0) is 80.4 Å². The van der Waals surface area contributed by atoms with Crippen molar-refractivity contribution < 1.29 is 5.11 Å². The molecule has 0 saturated carbocycles. The van der Waals surface area contributed by atoms with E-state index >= 15 is 0 Å². The molecule has 0 radical (unpaired) electrons. The predicted octanol–water partition coefficient (Wildman–Crippen LogP) is 5.65. The van der Waals surface area contributed by atoms with Gasteiger partial charge in [0.25, 0.3) is 0 Å². The first-order valence-electron chi connectivity index (χ1n) is 10.3. The molecule has 29 heavy (non-hydrogen) atoms. The van der Waals surface area contributed by atoms with E-state index in [2.05, 4.69) is 62.3 Å². The van der Waals surface area contributed by atoms with Gasteiger partial charge in [0, 0.05) is 17.5 Å². The van der Waals surface area contributed by atoms with Crippen molar-refractivity contribution in [2.75, 3.05) is 20.6 Å². The quantitative estimate of drug-likeness (QED) is 0.508. The van der Waals surface area contributed by atoms with Crippen LogP contribution in [0.3, 0.4) is 0 Å². The summed E-state index contributed by atoms with van der Waals surface area (Å²) < 4.78 is 0. The van der Waals surface area contributed by atoms with E-state index in [0.29, 0.717) is 0 Å². The Labute approximate surface area is 174 Å². The van der Waals surface area contributed by atoms with Crippen molar-refractivity contribution in [2.45, 2.75) is 26.2 Å². The van der Waals surface area contributed by atoms with Crippen molar-refractivity contribution in [3.8, 4) is 5.75 Å². The van der Waals surface area contributed by atoms with E-state index in [1.54, 1.807) is 12.1 Å². The number of aromatic hydroxyl groups is 1. The molecular weight excluding hydrogens is 356 g/mol. The third-order valence-corrected chi connectivity index (χ3v) is 5.09. The van der Waals surface area contributed by atoms with Gasteiger partial charge in [0.2, 0.25) is 0 Å². The molecule has 3 heteroatoms. The van der Waals surface area contributed by atoms with E-state index in [1.807, 2.05) is 24.4 Å². The van der Waals surface area contributed by atoms with Crippen LogP contribution in [-0.4, -0.2) is 35.6 Å². The Hall–Kier alpha value is -2.91. The summed E-state index contributed by atoms with van der Waals surface area (Å²) in [5.41, 5.74) is 6.98. The fourth-order valence-corrected chi connectivity index (χ4v) is 3.60. The Morgan fingerprint density at radius 2 is 1.55 bits per heavy atom. The third-order valence-electron chi connectivity index (χ3n) is 5.09. The van der Waals surface area contributed by atoms with E-state index in [4.69, 9.17) is 4.98 Å². The summed E-state index contributed by atoms with van der Waals surface area (Å²) >= 11 is 0. The molecule has 3 rings (SSSR count). The average Bonchev–Trinajstić information content (AvgIpc) is 2.74. The lowest BCUT2D eigenvalue weighted by Gasteiger charge is -2.16. The lowest BCUT2D eigenvalue weighted by Crippen LogP contribution is -2.13. The molecule has 0 fully saturated rings. The van der Waals surface area contributed by atoms with Crippen LogP contribution in [0.15, 0.2) is 72.9 Å². The second-order valence-corrected chi connectivity index (χ2v) is 7.57. The number of nitrogens with zero attached hydrogens (tertiary/aromatic N) is 2. The maximum absolute atomic E-state index is 9.75. The molecule has 1 aromatic heterocycles. The smallest absolute Gasteiger partial charge is 0.115 e. The number of hydrogen-bond acceptors (Lipinski definition) is 3. The van der Waals surface area contributed by atoms with E-state index in [-0.39, 0.29) is 5.75 Å². The van der Waals surface area contributed by atoms with Crippen LogP contribution in [0.2, 0.25) is 0 Å². The van der Waals surface area contributed by atoms with Gasteiger partial charge in [-0.2, -0.15) is 0 Å². The Bertz CT molecular complexity index is 927. The zero-order chi connectivity index (χ0) is 20.6. The second-order valence-electron chi connectivity index (χ2n) is 7.57. The summed E-state index contributed by atoms with van der Waals surface area (Å²) in [5, 5.41) is 9.75. The highest BCUT2D eigenvalue weighted by molar-refractivity contribution is 5.98. The molecule has 3 nitrogen and oxygen atoms in total. The Morgan fingerprint density at radius 1 is 0.862 bits per heavy atom. The number of aromatic nitrogens is 1. The van der Waals surface area contributed by atoms with Crippen LogP contribution in [0.1, 0.15) is 42.1 Å². The van der Waals surface area contributed by atoms with Crippen molar-refractivity contribution in [3.63, 3.8) is 0 Å². The number of phenols is 1. The van der Waals surface area contributed by atoms with E-state index < -0.39 is 0 Å². The fourth-order valence-electron chi connectivity index (χ4n) is 3.60. The fraction of sp³-hybridized carbons (Fsp3) is 0.269. The van der Waals surface area contributed by atoms with Crippen molar-refractivity contribution in [2.24, 2.45) is 0 Å². The highest BCUT2D eigenvalue weighted by Gasteiger charge is 2.13. The summed E-state index contributed by atoms with van der Waals surface area (Å²) in [6, 6.07) is 22.3. The minimum absolute atomic E-state index is 0.278. The van der Waals surface area contributed by atoms with E-state index in [9.17, 15) is 5.11 Å².